The summed E-state index contributed by atoms with van der Waals surface area (Å²) in [6.07, 6.45) is 0.941. The van der Waals surface area contributed by atoms with Crippen LogP contribution in [0.5, 0.6) is 17.2 Å². The van der Waals surface area contributed by atoms with Gasteiger partial charge in [-0.25, -0.2) is 0 Å². The number of hydrogen-bond donors (Lipinski definition) is 1. The van der Waals surface area contributed by atoms with Crippen LogP contribution in [0.4, 0.5) is 0 Å². The zero-order chi connectivity index (χ0) is 15.3. The van der Waals surface area contributed by atoms with Crippen molar-refractivity contribution >= 4 is 11.6 Å². The molecule has 0 amide bonds. The second kappa shape index (κ2) is 7.60. The minimum absolute atomic E-state index is 0.255. The Balaban J connectivity index is 3.36. The van der Waals surface area contributed by atoms with E-state index in [9.17, 15) is 0 Å². The second-order valence-corrected chi connectivity index (χ2v) is 5.30. The number of halogens is 1. The lowest BCUT2D eigenvalue weighted by atomic mass is 9.86. The summed E-state index contributed by atoms with van der Waals surface area (Å²) in [4.78, 5) is 0. The second-order valence-electron chi connectivity index (χ2n) is 4.89. The summed E-state index contributed by atoms with van der Waals surface area (Å²) in [7, 11) is 4.76. The lowest BCUT2D eigenvalue weighted by Gasteiger charge is -2.24. The van der Waals surface area contributed by atoms with Crippen LogP contribution in [0.3, 0.4) is 0 Å². The molecule has 5 heteroatoms. The number of hydrogen-bond acceptors (Lipinski definition) is 4. The van der Waals surface area contributed by atoms with Crippen molar-refractivity contribution in [2.45, 2.75) is 26.2 Å². The molecular weight excluding hydrogens is 278 g/mol. The highest BCUT2D eigenvalue weighted by Gasteiger charge is 2.25. The molecule has 0 aromatic heterocycles. The van der Waals surface area contributed by atoms with Gasteiger partial charge in [0, 0.05) is 5.56 Å². The Labute approximate surface area is 126 Å². The van der Waals surface area contributed by atoms with Crippen LogP contribution in [0.2, 0.25) is 5.02 Å². The van der Waals surface area contributed by atoms with Crippen LogP contribution in [0.25, 0.3) is 0 Å². The molecule has 0 aliphatic carbocycles. The fourth-order valence-electron chi connectivity index (χ4n) is 2.35. The minimum atomic E-state index is 0.255. The molecule has 1 rings (SSSR count). The lowest BCUT2D eigenvalue weighted by Crippen LogP contribution is -2.13. The zero-order valence-corrected chi connectivity index (χ0v) is 13.6. The normalized spacial score (nSPS) is 13.8. The van der Waals surface area contributed by atoms with Crippen molar-refractivity contribution in [3.05, 3.63) is 16.7 Å². The van der Waals surface area contributed by atoms with Gasteiger partial charge in [-0.2, -0.15) is 0 Å². The Hall–Kier alpha value is -1.13. The third kappa shape index (κ3) is 3.30. The predicted octanol–water partition coefficient (Wildman–Crippen LogP) is 3.45. The first-order chi connectivity index (χ1) is 9.51. The van der Waals surface area contributed by atoms with Crippen molar-refractivity contribution < 1.29 is 14.2 Å². The van der Waals surface area contributed by atoms with Crippen molar-refractivity contribution in [1.82, 2.24) is 0 Å². The first-order valence-electron chi connectivity index (χ1n) is 6.70. The van der Waals surface area contributed by atoms with Crippen LogP contribution >= 0.6 is 11.6 Å². The van der Waals surface area contributed by atoms with E-state index in [1.807, 2.05) is 6.07 Å². The maximum atomic E-state index is 6.28. The SMILES string of the molecule is COc1c(Cl)cc(C(C)C(C)CCN)c(OC)c1OC. The monoisotopic (exact) mass is 301 g/mol. The summed E-state index contributed by atoms with van der Waals surface area (Å²) in [5.41, 5.74) is 6.66. The lowest BCUT2D eigenvalue weighted by molar-refractivity contribution is 0.318. The molecule has 0 heterocycles. The molecule has 4 nitrogen and oxygen atoms in total. The van der Waals surface area contributed by atoms with Gasteiger partial charge in [-0.1, -0.05) is 25.4 Å². The van der Waals surface area contributed by atoms with E-state index in [1.165, 1.54) is 0 Å². The molecule has 0 bridgehead atoms. The quantitative estimate of drug-likeness (QED) is 0.838. The number of rotatable bonds is 7. The van der Waals surface area contributed by atoms with Crippen molar-refractivity contribution in [1.29, 1.82) is 0 Å². The average molecular weight is 302 g/mol. The molecule has 1 aromatic carbocycles. The van der Waals surface area contributed by atoms with Gasteiger partial charge in [0.2, 0.25) is 5.75 Å². The van der Waals surface area contributed by atoms with Gasteiger partial charge in [0.05, 0.1) is 26.4 Å². The highest BCUT2D eigenvalue weighted by atomic mass is 35.5. The van der Waals surface area contributed by atoms with Gasteiger partial charge >= 0.3 is 0 Å². The average Bonchev–Trinajstić information content (AvgIpc) is 2.45. The van der Waals surface area contributed by atoms with Gasteiger partial charge in [0.15, 0.2) is 11.5 Å². The molecule has 2 unspecified atom stereocenters. The number of methoxy groups -OCH3 is 3. The van der Waals surface area contributed by atoms with E-state index in [2.05, 4.69) is 13.8 Å². The molecule has 0 spiro atoms. The maximum Gasteiger partial charge on any atom is 0.205 e. The summed E-state index contributed by atoms with van der Waals surface area (Å²) in [5.74, 6) is 2.37. The van der Waals surface area contributed by atoms with Crippen molar-refractivity contribution in [2.75, 3.05) is 27.9 Å². The molecule has 0 aliphatic heterocycles. The fraction of sp³-hybridized carbons (Fsp3) is 0.600. The van der Waals surface area contributed by atoms with Gasteiger partial charge in [-0.15, -0.1) is 0 Å². The van der Waals surface area contributed by atoms with Crippen LogP contribution in [0, 0.1) is 5.92 Å². The Morgan fingerprint density at radius 3 is 2.05 bits per heavy atom. The van der Waals surface area contributed by atoms with Crippen LogP contribution in [0.1, 0.15) is 31.7 Å². The van der Waals surface area contributed by atoms with Crippen molar-refractivity contribution in [3.8, 4) is 17.2 Å². The van der Waals surface area contributed by atoms with Crippen molar-refractivity contribution in [3.63, 3.8) is 0 Å². The molecule has 0 aliphatic rings. The van der Waals surface area contributed by atoms with E-state index in [1.54, 1.807) is 21.3 Å². The Kier molecular flexibility index (Phi) is 6.43. The van der Waals surface area contributed by atoms with E-state index in [0.29, 0.717) is 34.7 Å². The van der Waals surface area contributed by atoms with Crippen molar-refractivity contribution in [2.24, 2.45) is 11.7 Å². The molecule has 0 fully saturated rings. The maximum absolute atomic E-state index is 6.28. The highest BCUT2D eigenvalue weighted by molar-refractivity contribution is 6.32. The fourth-order valence-corrected chi connectivity index (χ4v) is 2.63. The predicted molar refractivity (Wildman–Crippen MR) is 82.4 cm³/mol. The summed E-state index contributed by atoms with van der Waals surface area (Å²) in [5, 5.41) is 0.520. The standard InChI is InChI=1S/C15H24ClNO3/c1-9(6-7-17)10(2)11-8-12(16)14(19-4)15(20-5)13(11)18-3/h8-10H,6-7,17H2,1-5H3. The van der Waals surface area contributed by atoms with E-state index < -0.39 is 0 Å². The Morgan fingerprint density at radius 2 is 1.60 bits per heavy atom. The Morgan fingerprint density at radius 1 is 1.05 bits per heavy atom. The highest BCUT2D eigenvalue weighted by Crippen LogP contribution is 2.48. The molecule has 20 heavy (non-hydrogen) atoms. The van der Waals surface area contributed by atoms with E-state index in [0.717, 1.165) is 12.0 Å². The number of nitrogens with two attached hydrogens (primary N) is 1. The number of ether oxygens (including phenoxy) is 3. The van der Waals surface area contributed by atoms with Gasteiger partial charge in [-0.3, -0.25) is 0 Å². The van der Waals surface area contributed by atoms with Gasteiger partial charge < -0.3 is 19.9 Å². The number of benzene rings is 1. The Bertz CT molecular complexity index is 451. The first-order valence-corrected chi connectivity index (χ1v) is 7.07. The molecule has 2 atom stereocenters. The molecule has 0 saturated carbocycles. The third-order valence-electron chi connectivity index (χ3n) is 3.75. The summed E-state index contributed by atoms with van der Waals surface area (Å²) in [6.45, 7) is 4.97. The summed E-state index contributed by atoms with van der Waals surface area (Å²) < 4.78 is 16.2. The van der Waals surface area contributed by atoms with Gasteiger partial charge in [0.25, 0.3) is 0 Å². The van der Waals surface area contributed by atoms with Gasteiger partial charge in [0.1, 0.15) is 0 Å². The summed E-state index contributed by atoms with van der Waals surface area (Å²) in [6, 6.07) is 1.89. The molecule has 0 radical (unpaired) electrons. The largest absolute Gasteiger partial charge is 0.492 e. The van der Waals surface area contributed by atoms with Crippen LogP contribution in [0.15, 0.2) is 6.07 Å². The minimum Gasteiger partial charge on any atom is -0.492 e. The summed E-state index contributed by atoms with van der Waals surface area (Å²) >= 11 is 6.28. The molecular formula is C15H24ClNO3. The molecule has 114 valence electrons. The van der Waals surface area contributed by atoms with E-state index in [-0.39, 0.29) is 5.92 Å². The van der Waals surface area contributed by atoms with Crippen LogP contribution in [-0.2, 0) is 0 Å². The smallest absolute Gasteiger partial charge is 0.205 e. The topological polar surface area (TPSA) is 53.7 Å². The molecule has 1 aromatic rings. The van der Waals surface area contributed by atoms with E-state index in [4.69, 9.17) is 31.5 Å². The van der Waals surface area contributed by atoms with Gasteiger partial charge in [-0.05, 0) is 30.9 Å². The zero-order valence-electron chi connectivity index (χ0n) is 12.8. The molecule has 2 N–H and O–H groups in total. The van der Waals surface area contributed by atoms with Crippen LogP contribution in [-0.4, -0.2) is 27.9 Å². The van der Waals surface area contributed by atoms with Crippen LogP contribution < -0.4 is 19.9 Å². The first kappa shape index (κ1) is 16.9. The third-order valence-corrected chi connectivity index (χ3v) is 4.03. The molecule has 0 saturated heterocycles. The van der Waals surface area contributed by atoms with E-state index >= 15 is 0 Å².